The van der Waals surface area contributed by atoms with E-state index in [2.05, 4.69) is 32.2 Å². The Morgan fingerprint density at radius 3 is 2.84 bits per heavy atom. The van der Waals surface area contributed by atoms with E-state index in [9.17, 15) is 0 Å². The summed E-state index contributed by atoms with van der Waals surface area (Å²) in [6.07, 6.45) is 1.20. The predicted molar refractivity (Wildman–Crippen MR) is 74.7 cm³/mol. The van der Waals surface area contributed by atoms with Crippen LogP contribution in [0, 0.1) is 5.92 Å². The number of likely N-dealkylation sites (tertiary alicyclic amines) is 1. The van der Waals surface area contributed by atoms with Crippen molar-refractivity contribution in [3.63, 3.8) is 0 Å². The summed E-state index contributed by atoms with van der Waals surface area (Å²) in [5.74, 6) is 1.10. The molecule has 0 aromatic carbocycles. The summed E-state index contributed by atoms with van der Waals surface area (Å²) in [5, 5.41) is 3.36. The molecule has 1 atom stereocenters. The van der Waals surface area contributed by atoms with E-state index >= 15 is 0 Å². The Balaban J connectivity index is 1.94. The first-order valence-electron chi connectivity index (χ1n) is 6.53. The Morgan fingerprint density at radius 1 is 1.42 bits per heavy atom. The van der Waals surface area contributed by atoms with Gasteiger partial charge in [-0.15, -0.1) is 0 Å². The maximum Gasteiger partial charge on any atom is 0.322 e. The number of aromatic nitrogens is 3. The van der Waals surface area contributed by atoms with E-state index in [-0.39, 0.29) is 17.4 Å². The molecule has 1 aromatic rings. The fraction of sp³-hybridized carbons (Fsp3) is 0.750. The lowest BCUT2D eigenvalue weighted by atomic mass is 10.1. The fourth-order valence-corrected chi connectivity index (χ4v) is 2.26. The second kappa shape index (κ2) is 6.34. The Bertz CT molecular complexity index is 429. The van der Waals surface area contributed by atoms with E-state index in [0.717, 1.165) is 19.6 Å². The minimum absolute atomic E-state index is 0.00907. The maximum atomic E-state index is 5.86. The number of halogens is 1. The van der Waals surface area contributed by atoms with Gasteiger partial charge in [-0.3, -0.25) is 0 Å². The van der Waals surface area contributed by atoms with Crippen molar-refractivity contribution >= 4 is 17.5 Å². The topological polar surface area (TPSA) is 63.2 Å². The molecule has 1 saturated heterocycles. The standard InChI is InChI=1S/C12H20ClN5O/c1-8(2)19-12-16-10(13)15-11(17-12)14-6-9-4-5-18(3)7-9/h8-9H,4-7H2,1-3H3,(H,14,15,16,17). The van der Waals surface area contributed by atoms with E-state index in [1.807, 2.05) is 13.8 Å². The average molecular weight is 286 g/mol. The lowest BCUT2D eigenvalue weighted by Crippen LogP contribution is -2.20. The van der Waals surface area contributed by atoms with E-state index in [0.29, 0.717) is 11.9 Å². The Hall–Kier alpha value is -1.14. The van der Waals surface area contributed by atoms with Crippen molar-refractivity contribution in [1.29, 1.82) is 0 Å². The summed E-state index contributed by atoms with van der Waals surface area (Å²) >= 11 is 5.86. The smallest absolute Gasteiger partial charge is 0.322 e. The number of rotatable bonds is 5. The third-order valence-corrected chi connectivity index (χ3v) is 3.14. The lowest BCUT2D eigenvalue weighted by Gasteiger charge is -2.13. The fourth-order valence-electron chi connectivity index (χ4n) is 2.10. The second-order valence-corrected chi connectivity index (χ2v) is 5.51. The molecule has 1 fully saturated rings. The highest BCUT2D eigenvalue weighted by Crippen LogP contribution is 2.16. The van der Waals surface area contributed by atoms with Crippen molar-refractivity contribution in [2.45, 2.75) is 26.4 Å². The highest BCUT2D eigenvalue weighted by molar-refractivity contribution is 6.28. The predicted octanol–water partition coefficient (Wildman–Crippen LogP) is 1.68. The minimum atomic E-state index is 0.00907. The van der Waals surface area contributed by atoms with Gasteiger partial charge in [0.15, 0.2) is 0 Å². The van der Waals surface area contributed by atoms with Crippen LogP contribution in [0.15, 0.2) is 0 Å². The molecule has 2 rings (SSSR count). The maximum absolute atomic E-state index is 5.86. The van der Waals surface area contributed by atoms with Gasteiger partial charge in [0.25, 0.3) is 0 Å². The van der Waals surface area contributed by atoms with Crippen LogP contribution in [-0.2, 0) is 0 Å². The van der Waals surface area contributed by atoms with Gasteiger partial charge < -0.3 is 15.0 Å². The van der Waals surface area contributed by atoms with Crippen molar-refractivity contribution in [2.75, 3.05) is 32.0 Å². The molecule has 1 aromatic heterocycles. The minimum Gasteiger partial charge on any atom is -0.461 e. The van der Waals surface area contributed by atoms with Crippen molar-refractivity contribution in [2.24, 2.45) is 5.92 Å². The van der Waals surface area contributed by atoms with Crippen molar-refractivity contribution < 1.29 is 4.74 Å². The first-order valence-corrected chi connectivity index (χ1v) is 6.91. The van der Waals surface area contributed by atoms with Gasteiger partial charge in [0.2, 0.25) is 11.2 Å². The average Bonchev–Trinajstić information content (AvgIpc) is 2.71. The Labute approximate surface area is 118 Å². The molecular weight excluding hydrogens is 266 g/mol. The van der Waals surface area contributed by atoms with Crippen LogP contribution >= 0.6 is 11.6 Å². The van der Waals surface area contributed by atoms with E-state index in [1.54, 1.807) is 0 Å². The Kier molecular flexibility index (Phi) is 4.76. The summed E-state index contributed by atoms with van der Waals surface area (Å²) in [4.78, 5) is 14.5. The monoisotopic (exact) mass is 285 g/mol. The zero-order valence-corrected chi connectivity index (χ0v) is 12.3. The summed E-state index contributed by atoms with van der Waals surface area (Å²) in [6, 6.07) is 0.265. The molecular formula is C12H20ClN5O. The van der Waals surface area contributed by atoms with E-state index < -0.39 is 0 Å². The largest absolute Gasteiger partial charge is 0.461 e. The molecule has 7 heteroatoms. The first-order chi connectivity index (χ1) is 9.02. The summed E-state index contributed by atoms with van der Waals surface area (Å²) in [7, 11) is 2.13. The number of hydrogen-bond donors (Lipinski definition) is 1. The number of nitrogens with zero attached hydrogens (tertiary/aromatic N) is 4. The third-order valence-electron chi connectivity index (χ3n) is 2.97. The number of hydrogen-bond acceptors (Lipinski definition) is 6. The summed E-state index contributed by atoms with van der Waals surface area (Å²) < 4.78 is 5.43. The van der Waals surface area contributed by atoms with Crippen LogP contribution in [0.1, 0.15) is 20.3 Å². The zero-order valence-electron chi connectivity index (χ0n) is 11.6. The van der Waals surface area contributed by atoms with Crippen molar-refractivity contribution in [3.8, 4) is 6.01 Å². The van der Waals surface area contributed by atoms with Gasteiger partial charge in [-0.05, 0) is 51.4 Å². The highest BCUT2D eigenvalue weighted by atomic mass is 35.5. The van der Waals surface area contributed by atoms with Crippen molar-refractivity contribution in [3.05, 3.63) is 5.28 Å². The van der Waals surface area contributed by atoms with Gasteiger partial charge in [0, 0.05) is 13.1 Å². The molecule has 1 unspecified atom stereocenters. The molecule has 0 radical (unpaired) electrons. The highest BCUT2D eigenvalue weighted by Gasteiger charge is 2.19. The number of nitrogens with one attached hydrogen (secondary N) is 1. The van der Waals surface area contributed by atoms with Crippen LogP contribution in [0.3, 0.4) is 0 Å². The summed E-state index contributed by atoms with van der Waals surface area (Å²) in [6.45, 7) is 6.91. The molecule has 1 N–H and O–H groups in total. The zero-order chi connectivity index (χ0) is 13.8. The van der Waals surface area contributed by atoms with Gasteiger partial charge in [-0.2, -0.15) is 15.0 Å². The van der Waals surface area contributed by atoms with Gasteiger partial charge >= 0.3 is 6.01 Å². The second-order valence-electron chi connectivity index (χ2n) is 5.18. The third kappa shape index (κ3) is 4.47. The van der Waals surface area contributed by atoms with Gasteiger partial charge in [0.1, 0.15) is 0 Å². The molecule has 6 nitrogen and oxygen atoms in total. The van der Waals surface area contributed by atoms with E-state index in [4.69, 9.17) is 16.3 Å². The van der Waals surface area contributed by atoms with Gasteiger partial charge in [-0.25, -0.2) is 0 Å². The van der Waals surface area contributed by atoms with Crippen LogP contribution in [0.2, 0.25) is 5.28 Å². The van der Waals surface area contributed by atoms with Crippen LogP contribution in [0.5, 0.6) is 6.01 Å². The van der Waals surface area contributed by atoms with Crippen molar-refractivity contribution in [1.82, 2.24) is 19.9 Å². The molecule has 19 heavy (non-hydrogen) atoms. The van der Waals surface area contributed by atoms with Crippen LogP contribution < -0.4 is 10.1 Å². The molecule has 0 amide bonds. The van der Waals surface area contributed by atoms with Gasteiger partial charge in [0.05, 0.1) is 6.10 Å². The quantitative estimate of drug-likeness (QED) is 0.888. The van der Waals surface area contributed by atoms with Gasteiger partial charge in [-0.1, -0.05) is 0 Å². The van der Waals surface area contributed by atoms with Crippen LogP contribution in [0.25, 0.3) is 0 Å². The lowest BCUT2D eigenvalue weighted by molar-refractivity contribution is 0.222. The van der Waals surface area contributed by atoms with Crippen LogP contribution in [-0.4, -0.2) is 52.6 Å². The number of anilines is 1. The van der Waals surface area contributed by atoms with Crippen LogP contribution in [0.4, 0.5) is 5.95 Å². The first kappa shape index (κ1) is 14.3. The molecule has 0 spiro atoms. The SMILES string of the molecule is CC(C)Oc1nc(Cl)nc(NCC2CCN(C)C2)n1. The molecule has 0 aliphatic carbocycles. The Morgan fingerprint density at radius 2 is 2.21 bits per heavy atom. The van der Waals surface area contributed by atoms with E-state index in [1.165, 1.54) is 6.42 Å². The molecule has 0 bridgehead atoms. The summed E-state index contributed by atoms with van der Waals surface area (Å²) in [5.41, 5.74) is 0. The number of ether oxygens (including phenoxy) is 1. The normalized spacial score (nSPS) is 19.9. The molecule has 1 aliphatic rings. The molecule has 0 saturated carbocycles. The molecule has 2 heterocycles. The molecule has 106 valence electrons. The molecule has 1 aliphatic heterocycles.